The topological polar surface area (TPSA) is 27.7 Å². The average Bonchev–Trinajstić information content (AvgIpc) is 2.64. The van der Waals surface area contributed by atoms with Crippen LogP contribution in [0.15, 0.2) is 60.7 Å². The van der Waals surface area contributed by atoms with Gasteiger partial charge in [-0.1, -0.05) is 60.7 Å². The van der Waals surface area contributed by atoms with E-state index in [9.17, 15) is 0 Å². The summed E-state index contributed by atoms with van der Waals surface area (Å²) < 4.78 is 16.6. The van der Waals surface area contributed by atoms with Gasteiger partial charge in [0, 0.05) is 27.4 Å². The fraction of sp³-hybridized carbons (Fsp3) is 0.333. The van der Waals surface area contributed by atoms with E-state index in [2.05, 4.69) is 60.7 Å². The van der Waals surface area contributed by atoms with Crippen molar-refractivity contribution < 1.29 is 13.3 Å². The molecule has 3 nitrogen and oxygen atoms in total. The Morgan fingerprint density at radius 1 is 0.739 bits per heavy atom. The summed E-state index contributed by atoms with van der Waals surface area (Å²) in [5.41, 5.74) is 0. The van der Waals surface area contributed by atoms with Gasteiger partial charge in [-0.15, -0.1) is 0 Å². The second-order valence-corrected chi connectivity index (χ2v) is 10.6. The maximum Gasteiger partial charge on any atom is 0.500 e. The number of benzene rings is 2. The predicted molar refractivity (Wildman–Crippen MR) is 100 cm³/mol. The molecule has 0 bridgehead atoms. The van der Waals surface area contributed by atoms with Gasteiger partial charge < -0.3 is 13.3 Å². The second kappa shape index (κ2) is 9.31. The Morgan fingerprint density at radius 2 is 1.17 bits per heavy atom. The zero-order chi connectivity index (χ0) is 16.5. The van der Waals surface area contributed by atoms with Gasteiger partial charge in [-0.05, 0) is 31.1 Å². The van der Waals surface area contributed by atoms with Gasteiger partial charge in [-0.3, -0.25) is 0 Å². The standard InChI is InChI=1S/C18H25O3PSi/c1-19-23(20-2,21-3)16-10-15-22(17-11-6-4-7-12-17)18-13-8-5-9-14-18/h4-9,11-14H,10,15-16H2,1-3H3. The minimum Gasteiger partial charge on any atom is -0.377 e. The van der Waals surface area contributed by atoms with E-state index in [0.29, 0.717) is 0 Å². The molecule has 0 saturated heterocycles. The maximum absolute atomic E-state index is 5.53. The highest BCUT2D eigenvalue weighted by Crippen LogP contribution is 2.35. The second-order valence-electron chi connectivity index (χ2n) is 5.22. The Kier molecular flexibility index (Phi) is 7.41. The molecule has 0 N–H and O–H groups in total. The van der Waals surface area contributed by atoms with Crippen LogP contribution < -0.4 is 10.6 Å². The first-order valence-corrected chi connectivity index (χ1v) is 11.2. The summed E-state index contributed by atoms with van der Waals surface area (Å²) in [7, 11) is 2.19. The van der Waals surface area contributed by atoms with E-state index in [1.165, 1.54) is 10.6 Å². The molecule has 0 amide bonds. The molecule has 0 aliphatic rings. The van der Waals surface area contributed by atoms with Crippen molar-refractivity contribution in [2.75, 3.05) is 27.5 Å². The third kappa shape index (κ3) is 4.97. The minimum absolute atomic E-state index is 0.363. The fourth-order valence-corrected chi connectivity index (χ4v) is 7.01. The van der Waals surface area contributed by atoms with Crippen molar-refractivity contribution >= 4 is 27.3 Å². The van der Waals surface area contributed by atoms with Crippen LogP contribution in [0.3, 0.4) is 0 Å². The largest absolute Gasteiger partial charge is 0.500 e. The highest BCUT2D eigenvalue weighted by molar-refractivity contribution is 7.73. The molecule has 2 aromatic carbocycles. The number of rotatable bonds is 9. The van der Waals surface area contributed by atoms with E-state index in [1.54, 1.807) is 21.3 Å². The van der Waals surface area contributed by atoms with E-state index >= 15 is 0 Å². The Labute approximate surface area is 141 Å². The molecule has 23 heavy (non-hydrogen) atoms. The van der Waals surface area contributed by atoms with Crippen molar-refractivity contribution in [2.45, 2.75) is 12.5 Å². The van der Waals surface area contributed by atoms with Crippen molar-refractivity contribution in [3.8, 4) is 0 Å². The summed E-state index contributed by atoms with van der Waals surface area (Å²) in [4.78, 5) is 0. The highest BCUT2D eigenvalue weighted by atomic mass is 31.1. The monoisotopic (exact) mass is 348 g/mol. The van der Waals surface area contributed by atoms with Gasteiger partial charge >= 0.3 is 8.80 Å². The molecule has 0 saturated carbocycles. The van der Waals surface area contributed by atoms with Crippen LogP contribution >= 0.6 is 7.92 Å². The molecular weight excluding hydrogens is 323 g/mol. The third-order valence-electron chi connectivity index (χ3n) is 3.93. The summed E-state index contributed by atoms with van der Waals surface area (Å²) >= 11 is 0. The molecule has 0 heterocycles. The van der Waals surface area contributed by atoms with Gasteiger partial charge in [-0.25, -0.2) is 0 Å². The van der Waals surface area contributed by atoms with Crippen LogP contribution in [0.2, 0.25) is 6.04 Å². The molecule has 0 aliphatic heterocycles. The summed E-state index contributed by atoms with van der Waals surface area (Å²) in [6, 6.07) is 22.4. The Morgan fingerprint density at radius 3 is 1.57 bits per heavy atom. The molecule has 0 atom stereocenters. The van der Waals surface area contributed by atoms with Crippen LogP contribution in [0.25, 0.3) is 0 Å². The lowest BCUT2D eigenvalue weighted by Gasteiger charge is -2.25. The normalized spacial score (nSPS) is 11.8. The molecule has 2 aromatic rings. The lowest BCUT2D eigenvalue weighted by molar-refractivity contribution is 0.123. The Bertz CT molecular complexity index is 513. The molecular formula is C18H25O3PSi. The first-order valence-electron chi connectivity index (χ1n) is 7.78. The van der Waals surface area contributed by atoms with Crippen LogP contribution in [-0.4, -0.2) is 36.3 Å². The van der Waals surface area contributed by atoms with Crippen LogP contribution in [0.5, 0.6) is 0 Å². The van der Waals surface area contributed by atoms with E-state index < -0.39 is 8.80 Å². The zero-order valence-electron chi connectivity index (χ0n) is 14.1. The predicted octanol–water partition coefficient (Wildman–Crippen LogP) is 3.39. The van der Waals surface area contributed by atoms with E-state index in [0.717, 1.165) is 18.6 Å². The van der Waals surface area contributed by atoms with Crippen molar-refractivity contribution in [3.05, 3.63) is 60.7 Å². The van der Waals surface area contributed by atoms with Crippen molar-refractivity contribution in [3.63, 3.8) is 0 Å². The van der Waals surface area contributed by atoms with Crippen molar-refractivity contribution in [2.24, 2.45) is 0 Å². The van der Waals surface area contributed by atoms with Gasteiger partial charge in [0.05, 0.1) is 0 Å². The lowest BCUT2D eigenvalue weighted by Crippen LogP contribution is -2.42. The molecule has 0 fully saturated rings. The smallest absolute Gasteiger partial charge is 0.377 e. The Balaban J connectivity index is 2.11. The van der Waals surface area contributed by atoms with Gasteiger partial charge in [0.2, 0.25) is 0 Å². The van der Waals surface area contributed by atoms with Crippen molar-refractivity contribution in [1.29, 1.82) is 0 Å². The van der Waals surface area contributed by atoms with Gasteiger partial charge in [0.15, 0.2) is 0 Å². The van der Waals surface area contributed by atoms with Crippen LogP contribution in [0, 0.1) is 0 Å². The summed E-state index contributed by atoms with van der Waals surface area (Å²) in [5, 5.41) is 2.82. The van der Waals surface area contributed by atoms with Gasteiger partial charge in [0.1, 0.15) is 0 Å². The molecule has 0 spiro atoms. The molecule has 0 radical (unpaired) electrons. The molecule has 2 rings (SSSR count). The van der Waals surface area contributed by atoms with Gasteiger partial charge in [-0.2, -0.15) is 0 Å². The first-order chi connectivity index (χ1) is 11.2. The quantitative estimate of drug-likeness (QED) is 0.514. The van der Waals surface area contributed by atoms with E-state index in [1.807, 2.05) is 0 Å². The summed E-state index contributed by atoms with van der Waals surface area (Å²) in [6.45, 7) is 0. The van der Waals surface area contributed by atoms with E-state index in [4.69, 9.17) is 13.3 Å². The van der Waals surface area contributed by atoms with Crippen LogP contribution in [-0.2, 0) is 13.3 Å². The summed E-state index contributed by atoms with van der Waals surface area (Å²) in [5.74, 6) is 0. The molecule has 0 unspecified atom stereocenters. The average molecular weight is 348 g/mol. The minimum atomic E-state index is -2.48. The van der Waals surface area contributed by atoms with Crippen LogP contribution in [0.1, 0.15) is 6.42 Å². The number of hydrogen-bond donors (Lipinski definition) is 0. The summed E-state index contributed by atoms with van der Waals surface area (Å²) in [6.07, 6.45) is 2.13. The highest BCUT2D eigenvalue weighted by Gasteiger charge is 2.37. The fourth-order valence-electron chi connectivity index (χ4n) is 2.63. The molecule has 0 aromatic heterocycles. The maximum atomic E-state index is 5.53. The Hall–Kier alpha value is -1.03. The van der Waals surface area contributed by atoms with E-state index in [-0.39, 0.29) is 7.92 Å². The number of hydrogen-bond acceptors (Lipinski definition) is 3. The lowest BCUT2D eigenvalue weighted by atomic mass is 10.4. The SMILES string of the molecule is CO[Si](CCCP(c1ccccc1)c1ccccc1)(OC)OC. The first kappa shape index (κ1) is 18.3. The van der Waals surface area contributed by atoms with Crippen LogP contribution in [0.4, 0.5) is 0 Å². The molecule has 5 heteroatoms. The van der Waals surface area contributed by atoms with Gasteiger partial charge in [0.25, 0.3) is 0 Å². The molecule has 124 valence electrons. The third-order valence-corrected chi connectivity index (χ3v) is 9.37. The molecule has 0 aliphatic carbocycles. The zero-order valence-corrected chi connectivity index (χ0v) is 16.0. The van der Waals surface area contributed by atoms with Crippen molar-refractivity contribution in [1.82, 2.24) is 0 Å².